The molecule has 21 heavy (non-hydrogen) atoms. The first kappa shape index (κ1) is 16.2. The molecule has 0 saturated carbocycles. The lowest BCUT2D eigenvalue weighted by Gasteiger charge is -2.31. The van der Waals surface area contributed by atoms with E-state index in [1.807, 2.05) is 0 Å². The highest BCUT2D eigenvalue weighted by Crippen LogP contribution is 2.27. The second-order valence-corrected chi connectivity index (χ2v) is 7.74. The van der Waals surface area contributed by atoms with E-state index in [9.17, 15) is 8.42 Å². The van der Waals surface area contributed by atoms with Crippen LogP contribution >= 0.6 is 11.6 Å². The number of benzene rings is 1. The zero-order chi connectivity index (χ0) is 15.5. The number of halogens is 1. The fourth-order valence-electron chi connectivity index (χ4n) is 2.43. The molecule has 6 heteroatoms. The summed E-state index contributed by atoms with van der Waals surface area (Å²) in [5.74, 6) is 2.65. The molecular formula is C15H19ClN2O2S. The van der Waals surface area contributed by atoms with Crippen LogP contribution in [-0.2, 0) is 9.84 Å². The normalized spacial score (nSPS) is 17.4. The molecule has 1 N–H and O–H groups in total. The van der Waals surface area contributed by atoms with Crippen LogP contribution in [0.4, 0.5) is 5.69 Å². The number of terminal acetylenes is 1. The summed E-state index contributed by atoms with van der Waals surface area (Å²) in [5.41, 5.74) is 0.676. The van der Waals surface area contributed by atoms with Crippen LogP contribution in [0, 0.1) is 12.3 Å². The van der Waals surface area contributed by atoms with Gasteiger partial charge in [-0.25, -0.2) is 8.42 Å². The summed E-state index contributed by atoms with van der Waals surface area (Å²) in [7, 11) is -3.23. The largest absolute Gasteiger partial charge is 0.381 e. The molecule has 0 radical (unpaired) electrons. The number of hydrogen-bond acceptors (Lipinski definition) is 4. The number of anilines is 1. The Balaban J connectivity index is 2.05. The van der Waals surface area contributed by atoms with E-state index in [1.165, 1.54) is 12.3 Å². The summed E-state index contributed by atoms with van der Waals surface area (Å²) in [6, 6.07) is 5.03. The molecule has 2 rings (SSSR count). The quantitative estimate of drug-likeness (QED) is 0.862. The van der Waals surface area contributed by atoms with Gasteiger partial charge in [-0.05, 0) is 31.0 Å². The highest BCUT2D eigenvalue weighted by Gasteiger charge is 2.19. The van der Waals surface area contributed by atoms with Crippen LogP contribution < -0.4 is 5.32 Å². The van der Waals surface area contributed by atoms with Crippen LogP contribution in [-0.4, -0.2) is 45.2 Å². The number of likely N-dealkylation sites (tertiary alicyclic amines) is 1. The fraction of sp³-hybridized carbons (Fsp3) is 0.467. The Bertz CT molecular complexity index is 644. The van der Waals surface area contributed by atoms with E-state index in [4.69, 9.17) is 18.0 Å². The SMILES string of the molecule is C#CCN1CCC(Nc2cc(S(C)(=O)=O)ccc2Cl)CC1. The molecule has 1 aromatic carbocycles. The lowest BCUT2D eigenvalue weighted by molar-refractivity contribution is 0.243. The highest BCUT2D eigenvalue weighted by atomic mass is 35.5. The number of nitrogens with one attached hydrogen (secondary N) is 1. The zero-order valence-electron chi connectivity index (χ0n) is 12.0. The van der Waals surface area contributed by atoms with E-state index in [1.54, 1.807) is 12.1 Å². The van der Waals surface area contributed by atoms with Gasteiger partial charge in [0.25, 0.3) is 0 Å². The Hall–Kier alpha value is -1.22. The Morgan fingerprint density at radius 1 is 1.43 bits per heavy atom. The Kier molecular flexibility index (Phi) is 5.15. The van der Waals surface area contributed by atoms with Gasteiger partial charge in [0.2, 0.25) is 0 Å². The van der Waals surface area contributed by atoms with Gasteiger partial charge in [0.1, 0.15) is 0 Å². The van der Waals surface area contributed by atoms with Gasteiger partial charge in [-0.1, -0.05) is 17.5 Å². The number of piperidine rings is 1. The summed E-state index contributed by atoms with van der Waals surface area (Å²) in [5, 5.41) is 3.89. The third-order valence-electron chi connectivity index (χ3n) is 3.63. The molecule has 0 atom stereocenters. The van der Waals surface area contributed by atoms with Crippen LogP contribution in [0.1, 0.15) is 12.8 Å². The van der Waals surface area contributed by atoms with E-state index in [-0.39, 0.29) is 10.9 Å². The number of nitrogens with zero attached hydrogens (tertiary/aromatic N) is 1. The lowest BCUT2D eigenvalue weighted by atomic mass is 10.0. The maximum atomic E-state index is 11.6. The number of hydrogen-bond donors (Lipinski definition) is 1. The first-order valence-corrected chi connectivity index (χ1v) is 9.09. The van der Waals surface area contributed by atoms with Gasteiger partial charge in [0.05, 0.1) is 22.2 Å². The van der Waals surface area contributed by atoms with Crippen LogP contribution in [0.5, 0.6) is 0 Å². The van der Waals surface area contributed by atoms with Gasteiger partial charge in [-0.15, -0.1) is 6.42 Å². The van der Waals surface area contributed by atoms with Gasteiger partial charge in [0.15, 0.2) is 9.84 Å². The summed E-state index contributed by atoms with van der Waals surface area (Å²) in [6.07, 6.45) is 8.42. The van der Waals surface area contributed by atoms with Gasteiger partial charge < -0.3 is 5.32 Å². The van der Waals surface area contributed by atoms with Gasteiger partial charge in [-0.3, -0.25) is 4.90 Å². The van der Waals surface area contributed by atoms with Gasteiger partial charge in [-0.2, -0.15) is 0 Å². The minimum Gasteiger partial charge on any atom is -0.381 e. The van der Waals surface area contributed by atoms with E-state index in [2.05, 4.69) is 16.1 Å². The van der Waals surface area contributed by atoms with Crippen molar-refractivity contribution >= 4 is 27.1 Å². The molecule has 1 saturated heterocycles. The molecule has 0 amide bonds. The molecule has 1 aliphatic heterocycles. The molecule has 1 fully saturated rings. The van der Waals surface area contributed by atoms with Gasteiger partial charge >= 0.3 is 0 Å². The predicted octanol–water partition coefficient (Wildman–Crippen LogP) is 2.25. The van der Waals surface area contributed by atoms with Crippen molar-refractivity contribution in [1.29, 1.82) is 0 Å². The Morgan fingerprint density at radius 2 is 2.10 bits per heavy atom. The van der Waals surface area contributed by atoms with Crippen LogP contribution in [0.2, 0.25) is 5.02 Å². The average molecular weight is 327 g/mol. The molecular weight excluding hydrogens is 308 g/mol. The maximum Gasteiger partial charge on any atom is 0.175 e. The molecule has 0 bridgehead atoms. The molecule has 0 unspecified atom stereocenters. The van der Waals surface area contributed by atoms with Crippen molar-refractivity contribution in [2.45, 2.75) is 23.8 Å². The standard InChI is InChI=1S/C15H19ClN2O2S/c1-3-8-18-9-6-12(7-10-18)17-15-11-13(21(2,19)20)4-5-14(15)16/h1,4-5,11-12,17H,6-10H2,2H3. The van der Waals surface area contributed by atoms with E-state index >= 15 is 0 Å². The van der Waals surface area contributed by atoms with Crippen molar-refractivity contribution in [3.05, 3.63) is 23.2 Å². The highest BCUT2D eigenvalue weighted by molar-refractivity contribution is 7.90. The number of sulfone groups is 1. The average Bonchev–Trinajstić information content (AvgIpc) is 2.42. The first-order chi connectivity index (χ1) is 9.90. The van der Waals surface area contributed by atoms with Crippen molar-refractivity contribution in [3.63, 3.8) is 0 Å². The maximum absolute atomic E-state index is 11.6. The second-order valence-electron chi connectivity index (χ2n) is 5.31. The van der Waals surface area contributed by atoms with Crippen LogP contribution in [0.15, 0.2) is 23.1 Å². The Morgan fingerprint density at radius 3 is 2.67 bits per heavy atom. The third kappa shape index (κ3) is 4.37. The second kappa shape index (κ2) is 6.69. The van der Waals surface area contributed by atoms with Crippen molar-refractivity contribution in [2.75, 3.05) is 31.2 Å². The van der Waals surface area contributed by atoms with Crippen LogP contribution in [0.25, 0.3) is 0 Å². The smallest absolute Gasteiger partial charge is 0.175 e. The van der Waals surface area contributed by atoms with E-state index in [0.717, 1.165) is 25.9 Å². The molecule has 1 heterocycles. The Labute approximate surface area is 131 Å². The molecule has 0 aromatic heterocycles. The zero-order valence-corrected chi connectivity index (χ0v) is 13.5. The van der Waals surface area contributed by atoms with Crippen molar-refractivity contribution < 1.29 is 8.42 Å². The summed E-state index contributed by atoms with van der Waals surface area (Å²) in [6.45, 7) is 2.55. The lowest BCUT2D eigenvalue weighted by Crippen LogP contribution is -2.39. The monoisotopic (exact) mass is 326 g/mol. The summed E-state index contributed by atoms with van der Waals surface area (Å²) < 4.78 is 23.2. The third-order valence-corrected chi connectivity index (χ3v) is 5.07. The topological polar surface area (TPSA) is 49.4 Å². The summed E-state index contributed by atoms with van der Waals surface area (Å²) in [4.78, 5) is 2.51. The molecule has 114 valence electrons. The van der Waals surface area contributed by atoms with Crippen molar-refractivity contribution in [2.24, 2.45) is 0 Å². The molecule has 1 aliphatic rings. The van der Waals surface area contributed by atoms with Crippen LogP contribution in [0.3, 0.4) is 0 Å². The first-order valence-electron chi connectivity index (χ1n) is 6.82. The van der Waals surface area contributed by atoms with Crippen molar-refractivity contribution in [3.8, 4) is 12.3 Å². The van der Waals surface area contributed by atoms with Crippen molar-refractivity contribution in [1.82, 2.24) is 4.90 Å². The number of rotatable bonds is 4. The minimum absolute atomic E-state index is 0.277. The fourth-order valence-corrected chi connectivity index (χ4v) is 3.25. The van der Waals surface area contributed by atoms with E-state index in [0.29, 0.717) is 17.3 Å². The van der Waals surface area contributed by atoms with E-state index < -0.39 is 9.84 Å². The molecule has 0 aliphatic carbocycles. The van der Waals surface area contributed by atoms with Gasteiger partial charge in [0, 0.05) is 25.4 Å². The minimum atomic E-state index is -3.23. The molecule has 1 aromatic rings. The predicted molar refractivity (Wildman–Crippen MR) is 86.5 cm³/mol. The summed E-state index contributed by atoms with van der Waals surface area (Å²) >= 11 is 6.15. The molecule has 4 nitrogen and oxygen atoms in total. The molecule has 0 spiro atoms.